The molecule has 2 N–H and O–H groups in total. The van der Waals surface area contributed by atoms with E-state index in [-0.39, 0.29) is 5.41 Å². The van der Waals surface area contributed by atoms with Crippen LogP contribution in [0, 0.1) is 0 Å². The van der Waals surface area contributed by atoms with Crippen LogP contribution in [0.2, 0.25) is 0 Å². The number of imidazole rings is 2. The lowest BCUT2D eigenvalue weighted by Gasteiger charge is -2.37. The lowest BCUT2D eigenvalue weighted by atomic mass is 9.66. The van der Waals surface area contributed by atoms with Gasteiger partial charge in [0.25, 0.3) is 0 Å². The maximum Gasteiger partial charge on any atom is 0.110 e. The molecule has 3 fully saturated rings. The smallest absolute Gasteiger partial charge is 0.110 e. The summed E-state index contributed by atoms with van der Waals surface area (Å²) >= 11 is 0. The molecule has 38 heavy (non-hydrogen) atoms. The first kappa shape index (κ1) is 25.4. The van der Waals surface area contributed by atoms with Crippen LogP contribution in [0.15, 0.2) is 43.0 Å². The third-order valence-corrected chi connectivity index (χ3v) is 9.69. The summed E-state index contributed by atoms with van der Waals surface area (Å²) in [6.45, 7) is 8.71. The Labute approximate surface area is 228 Å². The van der Waals surface area contributed by atoms with E-state index in [2.05, 4.69) is 53.5 Å². The average molecular weight is 509 g/mol. The molecule has 3 aliphatic carbocycles. The quantitative estimate of drug-likeness (QED) is 0.257. The molecule has 0 saturated heterocycles. The first-order valence-corrected chi connectivity index (χ1v) is 15.3. The molecule has 3 aromatic rings. The molecule has 4 nitrogen and oxygen atoms in total. The van der Waals surface area contributed by atoms with Gasteiger partial charge in [0.1, 0.15) is 11.6 Å². The monoisotopic (exact) mass is 508 g/mol. The summed E-state index contributed by atoms with van der Waals surface area (Å²) < 4.78 is 0. The number of rotatable bonds is 6. The largest absolute Gasteiger partial charge is 0.342 e. The van der Waals surface area contributed by atoms with E-state index in [9.17, 15) is 0 Å². The van der Waals surface area contributed by atoms with Crippen LogP contribution < -0.4 is 0 Å². The molecule has 0 spiro atoms. The van der Waals surface area contributed by atoms with Crippen molar-refractivity contribution in [1.82, 2.24) is 19.9 Å². The van der Waals surface area contributed by atoms with Crippen molar-refractivity contribution in [2.45, 2.75) is 114 Å². The van der Waals surface area contributed by atoms with E-state index in [1.807, 2.05) is 6.08 Å². The second kappa shape index (κ2) is 11.1. The van der Waals surface area contributed by atoms with Crippen LogP contribution in [0.25, 0.3) is 23.2 Å². The van der Waals surface area contributed by atoms with Crippen LogP contribution in [0.4, 0.5) is 0 Å². The number of aromatic amines is 2. The molecule has 2 heterocycles. The van der Waals surface area contributed by atoms with E-state index in [4.69, 9.17) is 9.97 Å². The molecule has 200 valence electrons. The minimum atomic E-state index is -0.172. The van der Waals surface area contributed by atoms with Gasteiger partial charge in [0.2, 0.25) is 0 Å². The molecule has 0 bridgehead atoms. The highest BCUT2D eigenvalue weighted by Gasteiger charge is 2.35. The van der Waals surface area contributed by atoms with Crippen molar-refractivity contribution in [1.29, 1.82) is 0 Å². The number of hydrogen-bond donors (Lipinski definition) is 2. The fraction of sp³-hybridized carbons (Fsp3) is 0.529. The van der Waals surface area contributed by atoms with Gasteiger partial charge in [0.15, 0.2) is 0 Å². The van der Waals surface area contributed by atoms with Crippen molar-refractivity contribution in [3.05, 3.63) is 71.6 Å². The minimum Gasteiger partial charge on any atom is -0.342 e. The number of fused-ring (bicyclic) bond motifs is 1. The van der Waals surface area contributed by atoms with E-state index in [0.717, 1.165) is 41.1 Å². The summed E-state index contributed by atoms with van der Waals surface area (Å²) in [5.41, 5.74) is 6.78. The van der Waals surface area contributed by atoms with Crippen LogP contribution in [0.3, 0.4) is 0 Å². The molecule has 0 amide bonds. The topological polar surface area (TPSA) is 57.4 Å². The van der Waals surface area contributed by atoms with Crippen molar-refractivity contribution in [3.63, 3.8) is 0 Å². The van der Waals surface area contributed by atoms with Gasteiger partial charge in [0, 0.05) is 17.3 Å². The van der Waals surface area contributed by atoms with Gasteiger partial charge in [-0.3, -0.25) is 0 Å². The highest BCUT2D eigenvalue weighted by molar-refractivity contribution is 5.77. The predicted molar refractivity (Wildman–Crippen MR) is 159 cm³/mol. The van der Waals surface area contributed by atoms with E-state index in [1.165, 1.54) is 100 Å². The zero-order valence-corrected chi connectivity index (χ0v) is 23.0. The SMILES string of the molecule is C=Cc1nc(C2CCCCCC2)[nH]c1/C=C/C1(c2ccc3nc(C4CCCCC4)[nH]c3c2)CCCCC1=C. The third kappa shape index (κ3) is 4.95. The molecule has 3 saturated carbocycles. The number of allylic oxidation sites excluding steroid dienone is 2. The molecule has 2 aromatic heterocycles. The molecule has 3 aliphatic rings. The molecule has 1 unspecified atom stereocenters. The number of nitrogens with zero attached hydrogens (tertiary/aromatic N) is 2. The molecular formula is C34H44N4. The zero-order chi connectivity index (χ0) is 26.0. The fourth-order valence-electron chi connectivity index (χ4n) is 7.34. The summed E-state index contributed by atoms with van der Waals surface area (Å²) in [6.07, 6.45) is 25.5. The van der Waals surface area contributed by atoms with Gasteiger partial charge in [-0.25, -0.2) is 9.97 Å². The molecular weight excluding hydrogens is 464 g/mol. The minimum absolute atomic E-state index is 0.172. The highest BCUT2D eigenvalue weighted by atomic mass is 14.9. The van der Waals surface area contributed by atoms with Gasteiger partial charge in [0.05, 0.1) is 22.4 Å². The van der Waals surface area contributed by atoms with Crippen LogP contribution in [0.1, 0.15) is 137 Å². The predicted octanol–water partition coefficient (Wildman–Crippen LogP) is 9.50. The number of aromatic nitrogens is 4. The molecule has 0 aliphatic heterocycles. The highest BCUT2D eigenvalue weighted by Crippen LogP contribution is 2.45. The Kier molecular flexibility index (Phi) is 7.41. The van der Waals surface area contributed by atoms with Gasteiger partial charge >= 0.3 is 0 Å². The molecule has 6 rings (SSSR count). The number of hydrogen-bond acceptors (Lipinski definition) is 2. The van der Waals surface area contributed by atoms with Crippen molar-refractivity contribution >= 4 is 23.2 Å². The number of nitrogens with one attached hydrogen (secondary N) is 2. The Hall–Kier alpha value is -2.88. The van der Waals surface area contributed by atoms with Gasteiger partial charge in [-0.1, -0.05) is 82.2 Å². The fourth-order valence-corrected chi connectivity index (χ4v) is 7.34. The summed E-state index contributed by atoms with van der Waals surface area (Å²) in [5, 5.41) is 0. The molecule has 1 aromatic carbocycles. The third-order valence-electron chi connectivity index (χ3n) is 9.69. The summed E-state index contributed by atoms with van der Waals surface area (Å²) in [7, 11) is 0. The van der Waals surface area contributed by atoms with E-state index in [0.29, 0.717) is 11.8 Å². The van der Waals surface area contributed by atoms with Crippen LogP contribution in [-0.4, -0.2) is 19.9 Å². The van der Waals surface area contributed by atoms with Crippen LogP contribution in [0.5, 0.6) is 0 Å². The van der Waals surface area contributed by atoms with Gasteiger partial charge in [-0.05, 0) is 74.8 Å². The Bertz CT molecular complexity index is 1310. The standard InChI is InChI=1S/C34H44N4/c1-3-28-30(37-32(35-28)25-14-7-4-5-8-15-25)20-22-34(21-12-11-13-24(34)2)27-18-19-29-31(23-27)38-33(36-29)26-16-9-6-10-17-26/h3,18-20,22-23,25-26H,1-2,4-17,21H2,(H,35,37)(H,36,38)/b22-20+. The first-order chi connectivity index (χ1) is 18.7. The lowest BCUT2D eigenvalue weighted by molar-refractivity contribution is 0.431. The van der Waals surface area contributed by atoms with Crippen molar-refractivity contribution < 1.29 is 0 Å². The Morgan fingerprint density at radius 2 is 1.50 bits per heavy atom. The van der Waals surface area contributed by atoms with E-state index in [1.54, 1.807) is 0 Å². The van der Waals surface area contributed by atoms with Crippen molar-refractivity contribution in [2.24, 2.45) is 0 Å². The Balaban J connectivity index is 1.34. The first-order valence-electron chi connectivity index (χ1n) is 15.3. The summed E-state index contributed by atoms with van der Waals surface area (Å²) in [5.74, 6) is 3.45. The number of benzene rings is 1. The molecule has 1 atom stereocenters. The maximum absolute atomic E-state index is 5.01. The number of H-pyrrole nitrogens is 2. The van der Waals surface area contributed by atoms with E-state index < -0.39 is 0 Å². The molecule has 4 heteroatoms. The van der Waals surface area contributed by atoms with Crippen LogP contribution in [-0.2, 0) is 5.41 Å². The normalized spacial score (nSPS) is 24.3. The average Bonchev–Trinajstić information content (AvgIpc) is 3.48. The van der Waals surface area contributed by atoms with Crippen LogP contribution >= 0.6 is 0 Å². The molecule has 0 radical (unpaired) electrons. The Morgan fingerprint density at radius 1 is 0.816 bits per heavy atom. The Morgan fingerprint density at radius 3 is 2.18 bits per heavy atom. The van der Waals surface area contributed by atoms with Crippen molar-refractivity contribution in [3.8, 4) is 0 Å². The summed E-state index contributed by atoms with van der Waals surface area (Å²) in [6, 6.07) is 6.88. The van der Waals surface area contributed by atoms with Gasteiger partial charge in [-0.15, -0.1) is 0 Å². The lowest BCUT2D eigenvalue weighted by Crippen LogP contribution is -2.29. The maximum atomic E-state index is 5.01. The van der Waals surface area contributed by atoms with Gasteiger partial charge in [-0.2, -0.15) is 0 Å². The zero-order valence-electron chi connectivity index (χ0n) is 23.0. The van der Waals surface area contributed by atoms with Crippen molar-refractivity contribution in [2.75, 3.05) is 0 Å². The summed E-state index contributed by atoms with van der Waals surface area (Å²) in [4.78, 5) is 17.4. The van der Waals surface area contributed by atoms with E-state index >= 15 is 0 Å². The second-order valence-electron chi connectivity index (χ2n) is 12.1. The van der Waals surface area contributed by atoms with Gasteiger partial charge < -0.3 is 9.97 Å². The second-order valence-corrected chi connectivity index (χ2v) is 12.1.